The molecule has 1 fully saturated rings. The van der Waals surface area contributed by atoms with Gasteiger partial charge in [-0.15, -0.1) is 0 Å². The van der Waals surface area contributed by atoms with Gasteiger partial charge in [-0.2, -0.15) is 5.10 Å². The molecule has 0 spiro atoms. The highest BCUT2D eigenvalue weighted by Gasteiger charge is 2.35. The lowest BCUT2D eigenvalue weighted by molar-refractivity contribution is -0.134. The van der Waals surface area contributed by atoms with E-state index < -0.39 is 0 Å². The third kappa shape index (κ3) is 4.67. The fourth-order valence-electron chi connectivity index (χ4n) is 4.63. The summed E-state index contributed by atoms with van der Waals surface area (Å²) < 4.78 is 5.58. The van der Waals surface area contributed by atoms with Crippen molar-refractivity contribution in [3.63, 3.8) is 0 Å². The van der Waals surface area contributed by atoms with Gasteiger partial charge in [0.25, 0.3) is 5.91 Å². The molecule has 0 aromatic heterocycles. The molecule has 164 valence electrons. The molecule has 2 aliphatic heterocycles. The second-order valence-corrected chi connectivity index (χ2v) is 9.02. The van der Waals surface area contributed by atoms with E-state index >= 15 is 0 Å². The van der Waals surface area contributed by atoms with Crippen LogP contribution in [0.5, 0.6) is 5.75 Å². The van der Waals surface area contributed by atoms with Gasteiger partial charge in [0.05, 0.1) is 25.4 Å². The summed E-state index contributed by atoms with van der Waals surface area (Å²) in [5.41, 5.74) is 5.43. The summed E-state index contributed by atoms with van der Waals surface area (Å²) >= 11 is 0. The second kappa shape index (κ2) is 9.23. The van der Waals surface area contributed by atoms with Crippen LogP contribution in [0.4, 0.5) is 0 Å². The van der Waals surface area contributed by atoms with Gasteiger partial charge < -0.3 is 4.74 Å². The average molecular weight is 420 g/mol. The van der Waals surface area contributed by atoms with Gasteiger partial charge in [-0.25, -0.2) is 5.01 Å². The second-order valence-electron chi connectivity index (χ2n) is 9.02. The summed E-state index contributed by atoms with van der Waals surface area (Å²) in [7, 11) is 1.68. The van der Waals surface area contributed by atoms with E-state index in [-0.39, 0.29) is 11.9 Å². The third-order valence-corrected chi connectivity index (χ3v) is 6.61. The first-order valence-corrected chi connectivity index (χ1v) is 11.3. The maximum Gasteiger partial charge on any atom is 0.257 e. The molecule has 5 heteroatoms. The third-order valence-electron chi connectivity index (χ3n) is 6.61. The monoisotopic (exact) mass is 419 g/mol. The highest BCUT2D eigenvalue weighted by atomic mass is 16.5. The number of likely N-dealkylation sites (tertiary alicyclic amines) is 1. The van der Waals surface area contributed by atoms with Crippen LogP contribution in [-0.2, 0) is 4.79 Å². The lowest BCUT2D eigenvalue weighted by Crippen LogP contribution is -2.41. The molecular weight excluding hydrogens is 386 g/mol. The summed E-state index contributed by atoms with van der Waals surface area (Å²) in [4.78, 5) is 15.7. The number of amides is 1. The van der Waals surface area contributed by atoms with Crippen LogP contribution >= 0.6 is 0 Å². The number of aryl methyl sites for hydroxylation is 2. The molecule has 0 unspecified atom stereocenters. The van der Waals surface area contributed by atoms with Crippen LogP contribution in [-0.4, -0.2) is 48.3 Å². The number of piperidine rings is 1. The zero-order valence-electron chi connectivity index (χ0n) is 19.1. The number of nitrogens with zero attached hydrogens (tertiary/aromatic N) is 3. The Morgan fingerprint density at radius 2 is 1.87 bits per heavy atom. The highest BCUT2D eigenvalue weighted by Crippen LogP contribution is 2.36. The number of benzene rings is 2. The lowest BCUT2D eigenvalue weighted by Gasteiger charge is -2.31. The van der Waals surface area contributed by atoms with Gasteiger partial charge in [0.2, 0.25) is 0 Å². The molecule has 5 nitrogen and oxygen atoms in total. The Hall–Kier alpha value is -2.66. The van der Waals surface area contributed by atoms with Crippen molar-refractivity contribution in [3.05, 3.63) is 64.7 Å². The van der Waals surface area contributed by atoms with E-state index in [0.29, 0.717) is 13.0 Å². The van der Waals surface area contributed by atoms with Gasteiger partial charge in [-0.3, -0.25) is 9.69 Å². The van der Waals surface area contributed by atoms with E-state index in [1.165, 1.54) is 16.7 Å². The summed E-state index contributed by atoms with van der Waals surface area (Å²) in [6, 6.07) is 14.3. The minimum Gasteiger partial charge on any atom is -0.496 e. The maximum atomic E-state index is 13.5. The predicted molar refractivity (Wildman–Crippen MR) is 124 cm³/mol. The van der Waals surface area contributed by atoms with Crippen molar-refractivity contribution in [2.45, 2.75) is 46.1 Å². The van der Waals surface area contributed by atoms with Crippen molar-refractivity contribution < 1.29 is 9.53 Å². The first-order chi connectivity index (χ1) is 15.0. The molecular formula is C26H33N3O2. The highest BCUT2D eigenvalue weighted by molar-refractivity contribution is 6.05. The number of rotatable bonds is 5. The number of para-hydroxylation sites is 1. The molecule has 1 amide bonds. The number of carbonyl (C=O) groups excluding carboxylic acids is 1. The Balaban J connectivity index is 1.65. The normalized spacial score (nSPS) is 20.1. The number of carbonyl (C=O) groups is 1. The summed E-state index contributed by atoms with van der Waals surface area (Å²) in [6.07, 6.45) is 3.00. The number of ether oxygens (including phenoxy) is 1. The van der Waals surface area contributed by atoms with E-state index in [2.05, 4.69) is 43.9 Å². The maximum absolute atomic E-state index is 13.5. The van der Waals surface area contributed by atoms with Crippen LogP contribution in [0, 0.1) is 19.8 Å². The van der Waals surface area contributed by atoms with Gasteiger partial charge in [-0.1, -0.05) is 42.8 Å². The van der Waals surface area contributed by atoms with Gasteiger partial charge in [0, 0.05) is 12.0 Å². The number of hydrogen-bond donors (Lipinski definition) is 0. The molecule has 1 saturated heterocycles. The molecule has 0 aliphatic carbocycles. The van der Waals surface area contributed by atoms with Crippen LogP contribution in [0.1, 0.15) is 54.5 Å². The van der Waals surface area contributed by atoms with Gasteiger partial charge >= 0.3 is 0 Å². The van der Waals surface area contributed by atoms with E-state index in [9.17, 15) is 4.79 Å². The number of methoxy groups -OCH3 is 1. The Kier molecular flexibility index (Phi) is 6.42. The van der Waals surface area contributed by atoms with Crippen molar-refractivity contribution in [2.75, 3.05) is 26.7 Å². The molecule has 4 rings (SSSR count). The van der Waals surface area contributed by atoms with Gasteiger partial charge in [0.15, 0.2) is 0 Å². The number of hydrazone groups is 1. The van der Waals surface area contributed by atoms with Crippen molar-refractivity contribution in [3.8, 4) is 5.75 Å². The Morgan fingerprint density at radius 3 is 2.61 bits per heavy atom. The Labute approximate surface area is 185 Å². The molecule has 0 N–H and O–H groups in total. The van der Waals surface area contributed by atoms with Crippen molar-refractivity contribution in [1.82, 2.24) is 9.91 Å². The molecule has 2 aliphatic rings. The van der Waals surface area contributed by atoms with E-state index in [1.54, 1.807) is 12.1 Å². The molecule has 0 bridgehead atoms. The van der Waals surface area contributed by atoms with Crippen LogP contribution in [0.3, 0.4) is 0 Å². The molecule has 1 atom stereocenters. The predicted octanol–water partition coefficient (Wildman–Crippen LogP) is 4.72. The van der Waals surface area contributed by atoms with E-state index in [4.69, 9.17) is 9.84 Å². The van der Waals surface area contributed by atoms with Crippen molar-refractivity contribution in [2.24, 2.45) is 11.0 Å². The summed E-state index contributed by atoms with van der Waals surface area (Å²) in [5.74, 6) is 1.61. The standard InChI is InChI=1S/C26H33N3O2/c1-18-11-13-28(14-12-18)17-26(30)29-24(22-15-19(2)9-10-20(22)3)16-23(27-29)21-7-5-6-8-25(21)31-4/h5-10,15,18,24H,11-14,16-17H2,1-4H3/t24-/m0/s1. The largest absolute Gasteiger partial charge is 0.496 e. The molecule has 2 heterocycles. The first-order valence-electron chi connectivity index (χ1n) is 11.3. The lowest BCUT2D eigenvalue weighted by atomic mass is 9.93. The quantitative estimate of drug-likeness (QED) is 0.704. The zero-order chi connectivity index (χ0) is 22.0. The SMILES string of the molecule is COc1ccccc1C1=NN(C(=O)CN2CCC(C)CC2)[C@H](c2cc(C)ccc2C)C1. The van der Waals surface area contributed by atoms with E-state index in [0.717, 1.165) is 48.9 Å². The topological polar surface area (TPSA) is 45.1 Å². The Bertz CT molecular complexity index is 976. The molecule has 0 radical (unpaired) electrons. The van der Waals surface area contributed by atoms with E-state index in [1.807, 2.05) is 24.3 Å². The first kappa shape index (κ1) is 21.6. The van der Waals surface area contributed by atoms with Gasteiger partial charge in [-0.05, 0) is 69.0 Å². The average Bonchev–Trinajstić information content (AvgIpc) is 3.22. The van der Waals surface area contributed by atoms with Crippen molar-refractivity contribution >= 4 is 11.6 Å². The molecule has 0 saturated carbocycles. The zero-order valence-corrected chi connectivity index (χ0v) is 19.1. The summed E-state index contributed by atoms with van der Waals surface area (Å²) in [5, 5.41) is 6.61. The van der Waals surface area contributed by atoms with Crippen LogP contribution < -0.4 is 4.74 Å². The molecule has 2 aromatic rings. The minimum absolute atomic E-state index is 0.0744. The fraction of sp³-hybridized carbons (Fsp3) is 0.462. The van der Waals surface area contributed by atoms with Crippen LogP contribution in [0.25, 0.3) is 0 Å². The van der Waals surface area contributed by atoms with Crippen LogP contribution in [0.15, 0.2) is 47.6 Å². The molecule has 31 heavy (non-hydrogen) atoms. The Morgan fingerprint density at radius 1 is 1.13 bits per heavy atom. The van der Waals surface area contributed by atoms with Crippen molar-refractivity contribution in [1.29, 1.82) is 0 Å². The molecule has 2 aromatic carbocycles. The van der Waals surface area contributed by atoms with Gasteiger partial charge in [0.1, 0.15) is 5.75 Å². The van der Waals surface area contributed by atoms with Crippen LogP contribution in [0.2, 0.25) is 0 Å². The summed E-state index contributed by atoms with van der Waals surface area (Å²) in [6.45, 7) is 8.90. The smallest absolute Gasteiger partial charge is 0.257 e. The minimum atomic E-state index is -0.0870. The number of hydrogen-bond acceptors (Lipinski definition) is 4. The fourth-order valence-corrected chi connectivity index (χ4v) is 4.63.